The number of anilines is 1. The number of amides is 2. The van der Waals surface area contributed by atoms with E-state index >= 15 is 0 Å². The second kappa shape index (κ2) is 8.88. The zero-order valence-electron chi connectivity index (χ0n) is 16.9. The van der Waals surface area contributed by atoms with Crippen molar-refractivity contribution in [3.05, 3.63) is 28.7 Å². The minimum atomic E-state index is -3.12. The Bertz CT molecular complexity index is 975. The van der Waals surface area contributed by atoms with Crippen LogP contribution in [-0.2, 0) is 19.4 Å². The quantitative estimate of drug-likeness (QED) is 0.654. The first-order valence-corrected chi connectivity index (χ1v) is 12.9. The van der Waals surface area contributed by atoms with E-state index in [1.165, 1.54) is 11.8 Å². The molecule has 2 unspecified atom stereocenters. The van der Waals surface area contributed by atoms with Crippen molar-refractivity contribution in [3.8, 4) is 0 Å². The first-order chi connectivity index (χ1) is 13.9. The lowest BCUT2D eigenvalue weighted by atomic mass is 10.2. The summed E-state index contributed by atoms with van der Waals surface area (Å²) >= 11 is 4.75. The number of benzene rings is 1. The number of ether oxygens (including phenoxy) is 1. The average Bonchev–Trinajstić information content (AvgIpc) is 3.03. The van der Waals surface area contributed by atoms with E-state index in [1.807, 2.05) is 29.2 Å². The minimum absolute atomic E-state index is 0.0171. The number of fused-ring (bicyclic) bond motifs is 1. The topological polar surface area (TPSA) is 105 Å². The lowest BCUT2D eigenvalue weighted by molar-refractivity contribution is -0.117. The van der Waals surface area contributed by atoms with Crippen LogP contribution in [0.4, 0.5) is 10.5 Å². The molecule has 2 atom stereocenters. The van der Waals surface area contributed by atoms with Gasteiger partial charge < -0.3 is 15.0 Å². The van der Waals surface area contributed by atoms with E-state index in [1.54, 1.807) is 20.8 Å². The number of hydrogen-bond acceptors (Lipinski definition) is 6. The molecule has 30 heavy (non-hydrogen) atoms. The van der Waals surface area contributed by atoms with E-state index in [0.29, 0.717) is 5.17 Å². The number of rotatable bonds is 4. The minimum Gasteiger partial charge on any atom is -0.444 e. The highest BCUT2D eigenvalue weighted by atomic mass is 79.9. The van der Waals surface area contributed by atoms with Gasteiger partial charge in [0, 0.05) is 28.4 Å². The lowest BCUT2D eigenvalue weighted by Crippen LogP contribution is -2.37. The molecule has 0 radical (unpaired) electrons. The van der Waals surface area contributed by atoms with E-state index in [9.17, 15) is 18.0 Å². The Morgan fingerprint density at radius 3 is 2.73 bits per heavy atom. The fourth-order valence-electron chi connectivity index (χ4n) is 3.24. The second-order valence-corrected chi connectivity index (χ2v) is 12.4. The fraction of sp³-hybridized carbons (Fsp3) is 0.526. The van der Waals surface area contributed by atoms with Crippen LogP contribution in [0.15, 0.2) is 33.7 Å². The van der Waals surface area contributed by atoms with Gasteiger partial charge in [-0.25, -0.2) is 13.2 Å². The van der Waals surface area contributed by atoms with Gasteiger partial charge >= 0.3 is 6.09 Å². The van der Waals surface area contributed by atoms with Crippen LogP contribution < -0.4 is 10.2 Å². The van der Waals surface area contributed by atoms with Gasteiger partial charge in [-0.05, 0) is 39.0 Å². The SMILES string of the molecule is CC(C)(C)OC(=O)NCCC(=O)N=C1SC2CS(=O)(=O)CC2N1c1cccc(Br)c1. The Balaban J connectivity index is 1.71. The summed E-state index contributed by atoms with van der Waals surface area (Å²) in [6.07, 6.45) is -0.572. The normalized spacial score (nSPS) is 24.0. The molecule has 11 heteroatoms. The number of carbonyl (C=O) groups is 2. The van der Waals surface area contributed by atoms with Crippen molar-refractivity contribution in [2.45, 2.75) is 44.1 Å². The smallest absolute Gasteiger partial charge is 0.407 e. The zero-order chi connectivity index (χ0) is 22.1. The molecule has 2 fully saturated rings. The van der Waals surface area contributed by atoms with Gasteiger partial charge in [-0.1, -0.05) is 33.8 Å². The molecule has 0 saturated carbocycles. The van der Waals surface area contributed by atoms with E-state index < -0.39 is 27.4 Å². The molecule has 2 heterocycles. The van der Waals surface area contributed by atoms with Crippen LogP contribution in [0.25, 0.3) is 0 Å². The molecular weight excluding hydrogens is 494 g/mol. The molecule has 2 saturated heterocycles. The number of halogens is 1. The zero-order valence-corrected chi connectivity index (χ0v) is 20.1. The molecule has 0 spiro atoms. The third kappa shape index (κ3) is 5.98. The van der Waals surface area contributed by atoms with Crippen LogP contribution in [0.3, 0.4) is 0 Å². The van der Waals surface area contributed by atoms with Crippen LogP contribution >= 0.6 is 27.7 Å². The Morgan fingerprint density at radius 2 is 2.07 bits per heavy atom. The van der Waals surface area contributed by atoms with Gasteiger partial charge in [0.1, 0.15) is 5.60 Å². The average molecular weight is 518 g/mol. The molecule has 1 aromatic carbocycles. The van der Waals surface area contributed by atoms with Gasteiger partial charge in [-0.15, -0.1) is 0 Å². The predicted octanol–water partition coefficient (Wildman–Crippen LogP) is 2.97. The van der Waals surface area contributed by atoms with Crippen molar-refractivity contribution in [3.63, 3.8) is 0 Å². The predicted molar refractivity (Wildman–Crippen MR) is 122 cm³/mol. The summed E-state index contributed by atoms with van der Waals surface area (Å²) in [4.78, 5) is 30.2. The molecule has 2 amide bonds. The van der Waals surface area contributed by atoms with Gasteiger partial charge in [-0.2, -0.15) is 4.99 Å². The number of nitrogens with one attached hydrogen (secondary N) is 1. The Hall–Kier alpha value is -1.59. The van der Waals surface area contributed by atoms with Gasteiger partial charge in [0.15, 0.2) is 15.0 Å². The summed E-state index contributed by atoms with van der Waals surface area (Å²) in [7, 11) is -3.12. The molecule has 0 aromatic heterocycles. The Labute approximate surface area is 188 Å². The van der Waals surface area contributed by atoms with Crippen molar-refractivity contribution >= 4 is 60.4 Å². The molecule has 2 aliphatic rings. The van der Waals surface area contributed by atoms with Crippen molar-refractivity contribution in [2.75, 3.05) is 23.0 Å². The third-order valence-electron chi connectivity index (χ3n) is 4.38. The summed E-state index contributed by atoms with van der Waals surface area (Å²) < 4.78 is 30.2. The molecule has 8 nitrogen and oxygen atoms in total. The number of alkyl carbamates (subject to hydrolysis) is 1. The largest absolute Gasteiger partial charge is 0.444 e. The fourth-order valence-corrected chi connectivity index (χ4v) is 7.56. The Morgan fingerprint density at radius 1 is 1.33 bits per heavy atom. The summed E-state index contributed by atoms with van der Waals surface area (Å²) in [6, 6.07) is 7.20. The molecule has 164 valence electrons. The van der Waals surface area contributed by atoms with E-state index in [2.05, 4.69) is 26.2 Å². The highest BCUT2D eigenvalue weighted by Gasteiger charge is 2.49. The van der Waals surface area contributed by atoms with Crippen LogP contribution in [0, 0.1) is 0 Å². The Kier molecular flexibility index (Phi) is 6.83. The molecule has 2 aliphatic heterocycles. The highest BCUT2D eigenvalue weighted by molar-refractivity contribution is 9.10. The standard InChI is InChI=1S/C19H24BrN3O5S2/c1-19(2,3)28-18(25)21-8-7-16(24)22-17-23(13-6-4-5-12(20)9-13)14-10-30(26,27)11-15(14)29-17/h4-6,9,14-15H,7-8,10-11H2,1-3H3,(H,21,25). The molecule has 0 bridgehead atoms. The summed E-state index contributed by atoms with van der Waals surface area (Å²) in [5, 5.41) is 2.86. The monoisotopic (exact) mass is 517 g/mol. The lowest BCUT2D eigenvalue weighted by Gasteiger charge is -2.24. The van der Waals surface area contributed by atoms with Crippen molar-refractivity contribution in [1.29, 1.82) is 0 Å². The van der Waals surface area contributed by atoms with Gasteiger partial charge in [0.05, 0.1) is 17.5 Å². The van der Waals surface area contributed by atoms with E-state index in [0.717, 1.165) is 10.2 Å². The van der Waals surface area contributed by atoms with Crippen molar-refractivity contribution in [2.24, 2.45) is 4.99 Å². The van der Waals surface area contributed by atoms with Crippen LogP contribution in [0.1, 0.15) is 27.2 Å². The number of sulfone groups is 1. The van der Waals surface area contributed by atoms with E-state index in [4.69, 9.17) is 4.74 Å². The molecular formula is C19H24BrN3O5S2. The molecule has 0 aliphatic carbocycles. The number of nitrogens with zero attached hydrogens (tertiary/aromatic N) is 2. The number of carbonyl (C=O) groups excluding carboxylic acids is 2. The first-order valence-electron chi connectivity index (χ1n) is 9.44. The van der Waals surface area contributed by atoms with Crippen LogP contribution in [0.2, 0.25) is 0 Å². The molecule has 1 aromatic rings. The second-order valence-electron chi connectivity index (χ2n) is 8.12. The number of thioether (sulfide) groups is 1. The number of amidine groups is 1. The summed E-state index contributed by atoms with van der Waals surface area (Å²) in [6.45, 7) is 5.38. The maximum absolute atomic E-state index is 12.4. The number of aliphatic imine (C=N–C) groups is 1. The maximum Gasteiger partial charge on any atom is 0.407 e. The van der Waals surface area contributed by atoms with Gasteiger partial charge in [-0.3, -0.25) is 4.79 Å². The molecule has 1 N–H and O–H groups in total. The van der Waals surface area contributed by atoms with E-state index in [-0.39, 0.29) is 35.8 Å². The summed E-state index contributed by atoms with van der Waals surface area (Å²) in [5.41, 5.74) is 0.164. The van der Waals surface area contributed by atoms with Gasteiger partial charge in [0.25, 0.3) is 0 Å². The number of hydrogen-bond donors (Lipinski definition) is 1. The van der Waals surface area contributed by atoms with Gasteiger partial charge in [0.2, 0.25) is 5.91 Å². The first kappa shape index (κ1) is 23.1. The third-order valence-corrected chi connectivity index (χ3v) is 8.08. The van der Waals surface area contributed by atoms with Crippen molar-refractivity contribution in [1.82, 2.24) is 5.32 Å². The highest BCUT2D eigenvalue weighted by Crippen LogP contribution is 2.41. The van der Waals surface area contributed by atoms with Crippen LogP contribution in [0.5, 0.6) is 0 Å². The van der Waals surface area contributed by atoms with Crippen LogP contribution in [-0.4, -0.2) is 60.5 Å². The van der Waals surface area contributed by atoms with Crippen molar-refractivity contribution < 1.29 is 22.7 Å². The maximum atomic E-state index is 12.4. The summed E-state index contributed by atoms with van der Waals surface area (Å²) in [5.74, 6) is -0.290. The molecule has 3 rings (SSSR count).